The third-order valence-corrected chi connectivity index (χ3v) is 4.19. The van der Waals surface area contributed by atoms with E-state index in [0.29, 0.717) is 9.93 Å². The lowest BCUT2D eigenvalue weighted by Gasteiger charge is -2.24. The third kappa shape index (κ3) is 4.10. The molecule has 0 fully saturated rings. The molecule has 2 N–H and O–H groups in total. The molecular weight excluding hydrogens is 320 g/mol. The van der Waals surface area contributed by atoms with E-state index in [1.807, 2.05) is 19.1 Å². The minimum atomic E-state index is -0.344. The molecule has 0 heterocycles. The molecule has 0 aliphatic heterocycles. The van der Waals surface area contributed by atoms with E-state index in [1.165, 1.54) is 16.7 Å². The second kappa shape index (κ2) is 8.59. The van der Waals surface area contributed by atoms with Crippen LogP contribution in [0.2, 0.25) is 5.02 Å². The number of carbonyl (C=O) groups is 1. The fourth-order valence-electron chi connectivity index (χ4n) is 1.85. The summed E-state index contributed by atoms with van der Waals surface area (Å²) >= 11 is 7.31. The van der Waals surface area contributed by atoms with Crippen LogP contribution in [-0.4, -0.2) is 30.3 Å². The first-order valence-corrected chi connectivity index (χ1v) is 7.99. The first-order chi connectivity index (χ1) is 10.5. The molecule has 1 aromatic rings. The fraction of sp³-hybridized carbons (Fsp3) is 0.267. The van der Waals surface area contributed by atoms with E-state index in [-0.39, 0.29) is 24.8 Å². The van der Waals surface area contributed by atoms with Gasteiger partial charge in [-0.2, -0.15) is 5.26 Å². The summed E-state index contributed by atoms with van der Waals surface area (Å²) in [4.78, 5) is 17.7. The Kier molecular flexibility index (Phi) is 7.12. The smallest absolute Gasteiger partial charge is 0.242 e. The van der Waals surface area contributed by atoms with E-state index < -0.39 is 0 Å². The summed E-state index contributed by atoms with van der Waals surface area (Å²) in [5.41, 5.74) is 7.20. The Morgan fingerprint density at radius 1 is 1.59 bits per heavy atom. The number of thioether (sulfide) groups is 1. The van der Waals surface area contributed by atoms with Gasteiger partial charge in [-0.25, -0.2) is 4.99 Å². The van der Waals surface area contributed by atoms with Gasteiger partial charge in [0.2, 0.25) is 5.91 Å². The number of allylic oxidation sites excluding steroid dienone is 1. The molecule has 0 aliphatic rings. The van der Waals surface area contributed by atoms with Crippen LogP contribution in [0.25, 0.3) is 0 Å². The molecule has 116 valence electrons. The summed E-state index contributed by atoms with van der Waals surface area (Å²) in [7, 11) is 0. The molecule has 0 atom stereocenters. The maximum Gasteiger partial charge on any atom is 0.242 e. The normalized spacial score (nSPS) is 11.4. The zero-order valence-electron chi connectivity index (χ0n) is 12.5. The molecule has 0 saturated heterocycles. The van der Waals surface area contributed by atoms with Crippen LogP contribution in [0, 0.1) is 18.3 Å². The average Bonchev–Trinajstić information content (AvgIpc) is 2.53. The Balaban J connectivity index is 3.34. The molecule has 0 aliphatic carbocycles. The second-order valence-electron chi connectivity index (χ2n) is 4.33. The summed E-state index contributed by atoms with van der Waals surface area (Å²) in [6, 6.07) is 7.47. The van der Waals surface area contributed by atoms with Gasteiger partial charge in [-0.15, -0.1) is 11.8 Å². The van der Waals surface area contributed by atoms with Gasteiger partial charge in [0.25, 0.3) is 0 Å². The molecule has 0 saturated carbocycles. The Morgan fingerprint density at radius 3 is 2.77 bits per heavy atom. The number of nitriles is 1. The lowest BCUT2D eigenvalue weighted by atomic mass is 10.1. The molecule has 5 nitrogen and oxygen atoms in total. The number of nitrogens with zero attached hydrogens (tertiary/aromatic N) is 3. The van der Waals surface area contributed by atoms with Crippen LogP contribution < -0.4 is 5.73 Å². The number of aliphatic imine (C=N–C) groups is 1. The first-order valence-electron chi connectivity index (χ1n) is 6.39. The highest BCUT2D eigenvalue weighted by Crippen LogP contribution is 2.25. The van der Waals surface area contributed by atoms with Gasteiger partial charge in [0.1, 0.15) is 11.0 Å². The third-order valence-electron chi connectivity index (χ3n) is 3.10. The standard InChI is InChI=1S/C15H17ClN4OS/c1-10-11(5-4-6-12(10)16)9-20(14(21)8-18)15(19-2)13(7-17)22-3/h4-6H,2,8-9,18H2,1,3H3/b15-13+. The minimum Gasteiger partial charge on any atom is -0.322 e. The predicted octanol–water partition coefficient (Wildman–Crippen LogP) is 2.69. The predicted molar refractivity (Wildman–Crippen MR) is 91.5 cm³/mol. The van der Waals surface area contributed by atoms with Crippen molar-refractivity contribution < 1.29 is 4.79 Å². The Morgan fingerprint density at radius 2 is 2.27 bits per heavy atom. The van der Waals surface area contributed by atoms with Crippen molar-refractivity contribution in [3.8, 4) is 6.07 Å². The topological polar surface area (TPSA) is 82.5 Å². The van der Waals surface area contributed by atoms with Gasteiger partial charge in [0.15, 0.2) is 5.82 Å². The number of amides is 1. The number of benzene rings is 1. The molecule has 0 radical (unpaired) electrons. The van der Waals surface area contributed by atoms with E-state index in [9.17, 15) is 10.1 Å². The van der Waals surface area contributed by atoms with Gasteiger partial charge in [-0.3, -0.25) is 9.69 Å². The Hall–Kier alpha value is -1.81. The van der Waals surface area contributed by atoms with E-state index in [0.717, 1.165) is 11.1 Å². The van der Waals surface area contributed by atoms with Crippen molar-refractivity contribution in [2.24, 2.45) is 10.7 Å². The summed E-state index contributed by atoms with van der Waals surface area (Å²) in [5, 5.41) is 9.80. The summed E-state index contributed by atoms with van der Waals surface area (Å²) in [5.74, 6) is -0.131. The number of hydrogen-bond donors (Lipinski definition) is 1. The van der Waals surface area contributed by atoms with Crippen molar-refractivity contribution in [3.63, 3.8) is 0 Å². The number of rotatable bonds is 6. The van der Waals surface area contributed by atoms with Gasteiger partial charge in [-0.1, -0.05) is 23.7 Å². The van der Waals surface area contributed by atoms with Crippen LogP contribution in [0.5, 0.6) is 0 Å². The van der Waals surface area contributed by atoms with Gasteiger partial charge in [0.05, 0.1) is 13.1 Å². The number of nitrogens with two attached hydrogens (primary N) is 1. The zero-order chi connectivity index (χ0) is 16.7. The lowest BCUT2D eigenvalue weighted by molar-refractivity contribution is -0.128. The number of carbonyl (C=O) groups excluding carboxylic acids is 1. The Labute approximate surface area is 139 Å². The van der Waals surface area contributed by atoms with E-state index in [1.54, 1.807) is 18.4 Å². The maximum absolute atomic E-state index is 12.2. The molecule has 1 aromatic carbocycles. The molecule has 7 heteroatoms. The van der Waals surface area contributed by atoms with Crippen LogP contribution in [0.15, 0.2) is 33.9 Å². The van der Waals surface area contributed by atoms with Crippen LogP contribution in [-0.2, 0) is 11.3 Å². The van der Waals surface area contributed by atoms with Crippen LogP contribution >= 0.6 is 23.4 Å². The van der Waals surface area contributed by atoms with E-state index in [4.69, 9.17) is 17.3 Å². The number of hydrogen-bond acceptors (Lipinski definition) is 5. The average molecular weight is 337 g/mol. The molecule has 0 unspecified atom stereocenters. The molecule has 22 heavy (non-hydrogen) atoms. The zero-order valence-corrected chi connectivity index (χ0v) is 14.0. The molecule has 0 aromatic heterocycles. The van der Waals surface area contributed by atoms with Crippen molar-refractivity contribution in [1.82, 2.24) is 4.90 Å². The molecule has 1 amide bonds. The van der Waals surface area contributed by atoms with Crippen LogP contribution in [0.1, 0.15) is 11.1 Å². The highest BCUT2D eigenvalue weighted by atomic mass is 35.5. The highest BCUT2D eigenvalue weighted by molar-refractivity contribution is 8.02. The van der Waals surface area contributed by atoms with Crippen LogP contribution in [0.3, 0.4) is 0 Å². The molecule has 0 bridgehead atoms. The lowest BCUT2D eigenvalue weighted by Crippen LogP contribution is -2.35. The SMILES string of the molecule is C=N/C(=C(/C#N)SC)N(Cc1cccc(Cl)c1C)C(=O)CN. The quantitative estimate of drug-likeness (QED) is 0.639. The maximum atomic E-state index is 12.2. The minimum absolute atomic E-state index is 0.189. The van der Waals surface area contributed by atoms with Crippen molar-refractivity contribution in [2.75, 3.05) is 12.8 Å². The summed E-state index contributed by atoms with van der Waals surface area (Å²) in [6.45, 7) is 5.37. The van der Waals surface area contributed by atoms with Crippen LogP contribution in [0.4, 0.5) is 0 Å². The molecular formula is C15H17ClN4OS. The summed E-state index contributed by atoms with van der Waals surface area (Å²) < 4.78 is 0. The van der Waals surface area contributed by atoms with E-state index >= 15 is 0 Å². The first kappa shape index (κ1) is 18.2. The second-order valence-corrected chi connectivity index (χ2v) is 5.56. The fourth-order valence-corrected chi connectivity index (χ4v) is 2.49. The van der Waals surface area contributed by atoms with Crippen molar-refractivity contribution in [3.05, 3.63) is 45.1 Å². The van der Waals surface area contributed by atoms with Gasteiger partial charge in [0, 0.05) is 5.02 Å². The van der Waals surface area contributed by atoms with Crippen molar-refractivity contribution in [2.45, 2.75) is 13.5 Å². The number of halogens is 1. The molecule has 0 spiro atoms. The van der Waals surface area contributed by atoms with Gasteiger partial charge in [-0.05, 0) is 37.1 Å². The highest BCUT2D eigenvalue weighted by Gasteiger charge is 2.21. The molecule has 1 rings (SSSR count). The van der Waals surface area contributed by atoms with E-state index in [2.05, 4.69) is 11.7 Å². The van der Waals surface area contributed by atoms with Crippen molar-refractivity contribution in [1.29, 1.82) is 5.26 Å². The van der Waals surface area contributed by atoms with Crippen molar-refractivity contribution >= 4 is 36.0 Å². The summed E-state index contributed by atoms with van der Waals surface area (Å²) in [6.07, 6.45) is 1.74. The Bertz CT molecular complexity index is 651. The van der Waals surface area contributed by atoms with Gasteiger partial charge >= 0.3 is 0 Å². The van der Waals surface area contributed by atoms with Gasteiger partial charge < -0.3 is 5.73 Å². The monoisotopic (exact) mass is 336 g/mol. The largest absolute Gasteiger partial charge is 0.322 e.